The van der Waals surface area contributed by atoms with E-state index >= 15 is 0 Å². The molecule has 0 radical (unpaired) electrons. The van der Waals surface area contributed by atoms with Crippen LogP contribution in [0.25, 0.3) is 0 Å². The van der Waals surface area contributed by atoms with Crippen LogP contribution in [0.3, 0.4) is 0 Å². The predicted octanol–water partition coefficient (Wildman–Crippen LogP) is 3.68. The summed E-state index contributed by atoms with van der Waals surface area (Å²) >= 11 is 6.37. The number of halogens is 1. The molecule has 0 aliphatic heterocycles. The Morgan fingerprint density at radius 2 is 2.11 bits per heavy atom. The summed E-state index contributed by atoms with van der Waals surface area (Å²) in [5.41, 5.74) is 2.48. The molecule has 18 heavy (non-hydrogen) atoms. The van der Waals surface area contributed by atoms with Crippen molar-refractivity contribution in [2.24, 2.45) is 5.92 Å². The minimum absolute atomic E-state index is 0.491. The van der Waals surface area contributed by atoms with Crippen molar-refractivity contribution in [2.45, 2.75) is 39.3 Å². The van der Waals surface area contributed by atoms with Gasteiger partial charge < -0.3 is 10.2 Å². The summed E-state index contributed by atoms with van der Waals surface area (Å²) in [4.78, 5) is 2.32. The lowest BCUT2D eigenvalue weighted by Crippen LogP contribution is -2.26. The Labute approximate surface area is 115 Å². The fourth-order valence-corrected chi connectivity index (χ4v) is 2.56. The summed E-state index contributed by atoms with van der Waals surface area (Å²) in [6, 6.07) is 6.68. The highest BCUT2D eigenvalue weighted by molar-refractivity contribution is 6.33. The monoisotopic (exact) mass is 266 g/mol. The van der Waals surface area contributed by atoms with Crippen molar-refractivity contribution in [3.8, 4) is 0 Å². The molecule has 1 aliphatic carbocycles. The second kappa shape index (κ2) is 5.94. The number of nitrogens with zero attached hydrogens (tertiary/aromatic N) is 1. The molecule has 3 heteroatoms. The molecule has 0 heterocycles. The van der Waals surface area contributed by atoms with E-state index in [1.807, 2.05) is 12.1 Å². The molecule has 2 rings (SSSR count). The molecule has 1 saturated carbocycles. The minimum atomic E-state index is 0.491. The molecular formula is C15H23ClN2. The first-order chi connectivity index (χ1) is 8.58. The Morgan fingerprint density at radius 1 is 1.39 bits per heavy atom. The normalized spacial score (nSPS) is 15.2. The van der Waals surface area contributed by atoms with Crippen LogP contribution in [-0.2, 0) is 6.54 Å². The Hall–Kier alpha value is -0.730. The van der Waals surface area contributed by atoms with Crippen molar-refractivity contribution in [3.05, 3.63) is 28.8 Å². The summed E-state index contributed by atoms with van der Waals surface area (Å²) < 4.78 is 0. The molecule has 0 atom stereocenters. The van der Waals surface area contributed by atoms with Gasteiger partial charge in [0.2, 0.25) is 0 Å². The third-order valence-electron chi connectivity index (χ3n) is 3.38. The van der Waals surface area contributed by atoms with Crippen molar-refractivity contribution in [3.63, 3.8) is 0 Å². The summed E-state index contributed by atoms with van der Waals surface area (Å²) in [5.74, 6) is 0.872. The average Bonchev–Trinajstić information content (AvgIpc) is 3.09. The zero-order chi connectivity index (χ0) is 13.1. The van der Waals surface area contributed by atoms with Gasteiger partial charge in [-0.3, -0.25) is 0 Å². The number of rotatable bonds is 6. The van der Waals surface area contributed by atoms with Crippen LogP contribution in [0, 0.1) is 5.92 Å². The van der Waals surface area contributed by atoms with Crippen LogP contribution in [-0.4, -0.2) is 19.6 Å². The second-order valence-corrected chi connectivity index (χ2v) is 6.01. The molecule has 1 fully saturated rings. The van der Waals surface area contributed by atoms with Crippen LogP contribution in [0.5, 0.6) is 0 Å². The second-order valence-electron chi connectivity index (χ2n) is 5.61. The Balaban J connectivity index is 2.13. The number of anilines is 1. The first-order valence-electron chi connectivity index (χ1n) is 6.80. The SMILES string of the molecule is CC(C)NCc1cccc(Cl)c1N(C)CC1CC1. The highest BCUT2D eigenvalue weighted by atomic mass is 35.5. The summed E-state index contributed by atoms with van der Waals surface area (Å²) in [5, 5.41) is 4.33. The molecule has 2 nitrogen and oxygen atoms in total. The predicted molar refractivity (Wildman–Crippen MR) is 79.4 cm³/mol. The van der Waals surface area contributed by atoms with E-state index in [9.17, 15) is 0 Å². The van der Waals surface area contributed by atoms with Gasteiger partial charge in [-0.25, -0.2) is 0 Å². The van der Waals surface area contributed by atoms with E-state index < -0.39 is 0 Å². The number of benzene rings is 1. The van der Waals surface area contributed by atoms with Gasteiger partial charge in [-0.05, 0) is 30.4 Å². The van der Waals surface area contributed by atoms with Crippen LogP contribution < -0.4 is 10.2 Å². The quantitative estimate of drug-likeness (QED) is 0.845. The van der Waals surface area contributed by atoms with E-state index in [0.29, 0.717) is 6.04 Å². The molecule has 100 valence electrons. The number of nitrogens with one attached hydrogen (secondary N) is 1. The number of hydrogen-bond donors (Lipinski definition) is 1. The molecule has 1 aromatic rings. The largest absolute Gasteiger partial charge is 0.373 e. The Kier molecular flexibility index (Phi) is 4.52. The highest BCUT2D eigenvalue weighted by Gasteiger charge is 2.24. The lowest BCUT2D eigenvalue weighted by molar-refractivity contribution is 0.588. The van der Waals surface area contributed by atoms with Gasteiger partial charge in [0.15, 0.2) is 0 Å². The molecular weight excluding hydrogens is 244 g/mol. The summed E-state index contributed by atoms with van der Waals surface area (Å²) in [7, 11) is 2.15. The molecule has 1 aliphatic rings. The molecule has 1 N–H and O–H groups in total. The number of para-hydroxylation sites is 1. The molecule has 0 unspecified atom stereocenters. The van der Waals surface area contributed by atoms with Crippen molar-refractivity contribution >= 4 is 17.3 Å². The van der Waals surface area contributed by atoms with Crippen molar-refractivity contribution in [2.75, 3.05) is 18.5 Å². The van der Waals surface area contributed by atoms with Gasteiger partial charge in [0.05, 0.1) is 10.7 Å². The van der Waals surface area contributed by atoms with Crippen LogP contribution >= 0.6 is 11.6 Å². The lowest BCUT2D eigenvalue weighted by Gasteiger charge is -2.24. The molecule has 1 aromatic carbocycles. The fraction of sp³-hybridized carbons (Fsp3) is 0.600. The maximum atomic E-state index is 6.37. The van der Waals surface area contributed by atoms with E-state index in [1.54, 1.807) is 0 Å². The van der Waals surface area contributed by atoms with Crippen LogP contribution in [0.2, 0.25) is 5.02 Å². The van der Waals surface area contributed by atoms with Crippen molar-refractivity contribution in [1.29, 1.82) is 0 Å². The van der Waals surface area contributed by atoms with E-state index in [0.717, 1.165) is 24.0 Å². The van der Waals surface area contributed by atoms with Gasteiger partial charge in [0.1, 0.15) is 0 Å². The minimum Gasteiger partial charge on any atom is -0.373 e. The average molecular weight is 267 g/mol. The van der Waals surface area contributed by atoms with Crippen LogP contribution in [0.15, 0.2) is 18.2 Å². The van der Waals surface area contributed by atoms with Gasteiger partial charge >= 0.3 is 0 Å². The first kappa shape index (κ1) is 13.7. The first-order valence-corrected chi connectivity index (χ1v) is 7.17. The zero-order valence-corrected chi connectivity index (χ0v) is 12.3. The molecule has 0 aromatic heterocycles. The lowest BCUT2D eigenvalue weighted by atomic mass is 10.1. The van der Waals surface area contributed by atoms with Crippen LogP contribution in [0.1, 0.15) is 32.3 Å². The standard InChI is InChI=1S/C15H23ClN2/c1-11(2)17-9-13-5-4-6-14(16)15(13)18(3)10-12-7-8-12/h4-6,11-12,17H,7-10H2,1-3H3. The third-order valence-corrected chi connectivity index (χ3v) is 3.69. The van der Waals surface area contributed by atoms with Gasteiger partial charge in [-0.2, -0.15) is 0 Å². The van der Waals surface area contributed by atoms with Crippen molar-refractivity contribution < 1.29 is 0 Å². The Bertz CT molecular complexity index is 399. The van der Waals surface area contributed by atoms with Crippen molar-refractivity contribution in [1.82, 2.24) is 5.32 Å². The van der Waals surface area contributed by atoms with Gasteiger partial charge in [-0.15, -0.1) is 0 Å². The van der Waals surface area contributed by atoms with E-state index in [-0.39, 0.29) is 0 Å². The zero-order valence-electron chi connectivity index (χ0n) is 11.5. The van der Waals surface area contributed by atoms with Crippen LogP contribution in [0.4, 0.5) is 5.69 Å². The Morgan fingerprint density at radius 3 is 2.72 bits per heavy atom. The molecule has 0 saturated heterocycles. The topological polar surface area (TPSA) is 15.3 Å². The van der Waals surface area contributed by atoms with E-state index in [1.165, 1.54) is 24.1 Å². The summed E-state index contributed by atoms with van der Waals surface area (Å²) in [6.45, 7) is 6.33. The maximum absolute atomic E-state index is 6.37. The molecule has 0 bridgehead atoms. The third kappa shape index (κ3) is 3.63. The van der Waals surface area contributed by atoms with Gasteiger partial charge in [0, 0.05) is 26.2 Å². The smallest absolute Gasteiger partial charge is 0.0642 e. The van der Waals surface area contributed by atoms with E-state index in [2.05, 4.69) is 37.2 Å². The van der Waals surface area contributed by atoms with E-state index in [4.69, 9.17) is 11.6 Å². The molecule has 0 spiro atoms. The maximum Gasteiger partial charge on any atom is 0.0642 e. The molecule has 0 amide bonds. The van der Waals surface area contributed by atoms with Gasteiger partial charge in [0.25, 0.3) is 0 Å². The van der Waals surface area contributed by atoms with Gasteiger partial charge in [-0.1, -0.05) is 37.6 Å². The highest BCUT2D eigenvalue weighted by Crippen LogP contribution is 2.34. The fourth-order valence-electron chi connectivity index (χ4n) is 2.22. The summed E-state index contributed by atoms with van der Waals surface area (Å²) in [6.07, 6.45) is 2.74. The number of hydrogen-bond acceptors (Lipinski definition) is 2.